The first-order valence-corrected chi connectivity index (χ1v) is 6.45. The molecule has 1 fully saturated rings. The third-order valence-corrected chi connectivity index (χ3v) is 4.33. The van der Waals surface area contributed by atoms with Crippen molar-refractivity contribution >= 4 is 11.6 Å². The van der Waals surface area contributed by atoms with Crippen LogP contribution in [0, 0.1) is 10.8 Å². The Labute approximate surface area is 109 Å². The number of carbonyl (C=O) groups is 2. The van der Waals surface area contributed by atoms with Crippen LogP contribution in [0.2, 0.25) is 0 Å². The van der Waals surface area contributed by atoms with Crippen LogP contribution >= 0.6 is 0 Å². The van der Waals surface area contributed by atoms with E-state index in [-0.39, 0.29) is 17.6 Å². The van der Waals surface area contributed by atoms with Gasteiger partial charge in [0.15, 0.2) is 11.6 Å². The highest BCUT2D eigenvalue weighted by molar-refractivity contribution is 6.13. The van der Waals surface area contributed by atoms with E-state index >= 15 is 0 Å². The molecule has 0 spiro atoms. The minimum atomic E-state index is -1.03. The van der Waals surface area contributed by atoms with Crippen LogP contribution < -0.4 is 0 Å². The Morgan fingerprint density at radius 2 is 1.61 bits per heavy atom. The molecule has 0 aromatic carbocycles. The lowest BCUT2D eigenvalue weighted by Gasteiger charge is -2.49. The zero-order valence-electron chi connectivity index (χ0n) is 12.4. The summed E-state index contributed by atoms with van der Waals surface area (Å²) < 4.78 is 0. The molecular weight excluding hydrogens is 230 g/mol. The largest absolute Gasteiger partial charge is 0.390 e. The fraction of sp³-hybridized carbons (Fsp3) is 0.857. The average Bonchev–Trinajstić information content (AvgIpc) is 2.25. The molecule has 2 atom stereocenters. The number of Topliss-reactive ketones (excluding diaryl/α,β-unsaturated/α-hetero) is 2. The molecule has 1 rings (SSSR count). The molecule has 0 radical (unpaired) electrons. The van der Waals surface area contributed by atoms with Gasteiger partial charge in [-0.2, -0.15) is 0 Å². The average molecular weight is 255 g/mol. The monoisotopic (exact) mass is 255 g/mol. The lowest BCUT2D eigenvalue weighted by Crippen LogP contribution is -2.67. The van der Waals surface area contributed by atoms with Gasteiger partial charge in [0.05, 0.1) is 23.0 Å². The van der Waals surface area contributed by atoms with E-state index in [0.717, 1.165) is 0 Å². The molecule has 18 heavy (non-hydrogen) atoms. The third kappa shape index (κ3) is 2.01. The van der Waals surface area contributed by atoms with E-state index in [0.29, 0.717) is 0 Å². The number of rotatable bonds is 2. The molecule has 1 aliphatic rings. The first-order chi connectivity index (χ1) is 7.95. The number of aliphatic hydroxyl groups is 1. The quantitative estimate of drug-likeness (QED) is 0.755. The Morgan fingerprint density at radius 1 is 1.17 bits per heavy atom. The van der Waals surface area contributed by atoms with Crippen molar-refractivity contribution in [1.29, 1.82) is 0 Å². The van der Waals surface area contributed by atoms with Gasteiger partial charge in [-0.25, -0.2) is 0 Å². The molecule has 0 heterocycles. The molecule has 2 unspecified atom stereocenters. The van der Waals surface area contributed by atoms with Crippen LogP contribution in [-0.4, -0.2) is 46.8 Å². The third-order valence-electron chi connectivity index (χ3n) is 4.33. The number of carbonyl (C=O) groups excluding carboxylic acids is 2. The van der Waals surface area contributed by atoms with Crippen molar-refractivity contribution in [3.8, 4) is 0 Å². The smallest absolute Gasteiger partial charge is 0.165 e. The van der Waals surface area contributed by atoms with Crippen molar-refractivity contribution in [2.45, 2.75) is 59.7 Å². The van der Waals surface area contributed by atoms with Crippen LogP contribution in [0.25, 0.3) is 0 Å². The summed E-state index contributed by atoms with van der Waals surface area (Å²) in [5.74, 6) is -0.364. The molecule has 1 aliphatic carbocycles. The van der Waals surface area contributed by atoms with Gasteiger partial charge in [0.25, 0.3) is 0 Å². The highest BCUT2D eigenvalue weighted by Crippen LogP contribution is 2.42. The Morgan fingerprint density at radius 3 is 2.00 bits per heavy atom. The zero-order chi connectivity index (χ0) is 14.5. The summed E-state index contributed by atoms with van der Waals surface area (Å²) in [6.45, 7) is 10.7. The first kappa shape index (κ1) is 15.3. The van der Waals surface area contributed by atoms with Gasteiger partial charge in [-0.05, 0) is 34.7 Å². The van der Waals surface area contributed by atoms with Crippen molar-refractivity contribution < 1.29 is 14.7 Å². The molecule has 104 valence electrons. The molecular formula is C14H25NO3. The highest BCUT2D eigenvalue weighted by Gasteiger charge is 2.58. The van der Waals surface area contributed by atoms with Crippen molar-refractivity contribution in [2.24, 2.45) is 10.8 Å². The van der Waals surface area contributed by atoms with Crippen LogP contribution in [0.5, 0.6) is 0 Å². The normalized spacial score (nSPS) is 31.2. The Kier molecular flexibility index (Phi) is 3.76. The van der Waals surface area contributed by atoms with Crippen molar-refractivity contribution in [3.63, 3.8) is 0 Å². The van der Waals surface area contributed by atoms with E-state index in [9.17, 15) is 14.7 Å². The maximum absolute atomic E-state index is 12.5. The Bertz CT molecular complexity index is 371. The second-order valence-electron chi connectivity index (χ2n) is 6.69. The highest BCUT2D eigenvalue weighted by atomic mass is 16.3. The predicted octanol–water partition coefficient (Wildman–Crippen LogP) is 1.26. The molecule has 0 amide bonds. The van der Waals surface area contributed by atoms with Crippen LogP contribution in [0.3, 0.4) is 0 Å². The Balaban J connectivity index is 3.28. The summed E-state index contributed by atoms with van der Waals surface area (Å²) in [5.41, 5.74) is -1.93. The van der Waals surface area contributed by atoms with Gasteiger partial charge in [0.2, 0.25) is 0 Å². The second kappa shape index (κ2) is 4.42. The summed E-state index contributed by atoms with van der Waals surface area (Å²) in [6.07, 6.45) is -0.960. The first-order valence-electron chi connectivity index (χ1n) is 6.45. The van der Waals surface area contributed by atoms with E-state index in [1.54, 1.807) is 27.7 Å². The number of aliphatic hydroxyl groups excluding tert-OH is 1. The molecule has 4 nitrogen and oxygen atoms in total. The van der Waals surface area contributed by atoms with Crippen molar-refractivity contribution in [3.05, 3.63) is 0 Å². The predicted molar refractivity (Wildman–Crippen MR) is 70.3 cm³/mol. The zero-order valence-corrected chi connectivity index (χ0v) is 12.4. The van der Waals surface area contributed by atoms with Gasteiger partial charge >= 0.3 is 0 Å². The maximum atomic E-state index is 12.5. The molecule has 1 saturated carbocycles. The summed E-state index contributed by atoms with van der Waals surface area (Å²) >= 11 is 0. The second-order valence-corrected chi connectivity index (χ2v) is 6.69. The van der Waals surface area contributed by atoms with E-state index < -0.39 is 23.0 Å². The molecule has 0 aliphatic heterocycles. The lowest BCUT2D eigenvalue weighted by atomic mass is 9.59. The van der Waals surface area contributed by atoms with Crippen LogP contribution in [0.15, 0.2) is 0 Å². The fourth-order valence-electron chi connectivity index (χ4n) is 2.69. The number of likely N-dealkylation sites (N-methyl/N-ethyl adjacent to an activating group) is 1. The van der Waals surface area contributed by atoms with E-state index in [4.69, 9.17) is 0 Å². The summed E-state index contributed by atoms with van der Waals surface area (Å²) in [4.78, 5) is 26.7. The Hall–Kier alpha value is -0.740. The van der Waals surface area contributed by atoms with Gasteiger partial charge in [-0.3, -0.25) is 14.5 Å². The number of ketones is 2. The molecule has 1 N–H and O–H groups in total. The van der Waals surface area contributed by atoms with Crippen molar-refractivity contribution in [1.82, 2.24) is 4.90 Å². The van der Waals surface area contributed by atoms with E-state index in [2.05, 4.69) is 0 Å². The summed E-state index contributed by atoms with van der Waals surface area (Å²) in [7, 11) is 1.82. The summed E-state index contributed by atoms with van der Waals surface area (Å²) in [5, 5.41) is 10.4. The van der Waals surface area contributed by atoms with Crippen molar-refractivity contribution in [2.75, 3.05) is 7.05 Å². The number of hydrogen-bond acceptors (Lipinski definition) is 4. The maximum Gasteiger partial charge on any atom is 0.165 e. The minimum absolute atomic E-state index is 0.133. The topological polar surface area (TPSA) is 57.6 Å². The fourth-order valence-corrected chi connectivity index (χ4v) is 2.69. The van der Waals surface area contributed by atoms with E-state index in [1.807, 2.05) is 25.8 Å². The van der Waals surface area contributed by atoms with Crippen LogP contribution in [0.4, 0.5) is 0 Å². The molecule has 4 heteroatoms. The SMILES string of the molecule is CC(C)N(C)C1C(=O)C(C)(C)C(=O)C(C)(C)C1O. The van der Waals surface area contributed by atoms with Gasteiger partial charge < -0.3 is 5.11 Å². The lowest BCUT2D eigenvalue weighted by molar-refractivity contribution is -0.167. The standard InChI is InChI=1S/C14H25NO3/c1-8(2)15(7)9-10(16)13(3,4)12(18)14(5,6)11(9)17/h8-10,16H,1-7H3. The molecule has 0 aromatic rings. The molecule has 0 saturated heterocycles. The van der Waals surface area contributed by atoms with Crippen LogP contribution in [-0.2, 0) is 9.59 Å². The van der Waals surface area contributed by atoms with E-state index in [1.165, 1.54) is 0 Å². The number of hydrogen-bond donors (Lipinski definition) is 1. The molecule has 0 bridgehead atoms. The van der Waals surface area contributed by atoms with Gasteiger partial charge in [-0.15, -0.1) is 0 Å². The van der Waals surface area contributed by atoms with Crippen LogP contribution in [0.1, 0.15) is 41.5 Å². The number of nitrogens with zero attached hydrogens (tertiary/aromatic N) is 1. The van der Waals surface area contributed by atoms with Gasteiger partial charge in [-0.1, -0.05) is 13.8 Å². The minimum Gasteiger partial charge on any atom is -0.390 e. The molecule has 0 aromatic heterocycles. The van der Waals surface area contributed by atoms with Gasteiger partial charge in [0.1, 0.15) is 0 Å². The summed E-state index contributed by atoms with van der Waals surface area (Å²) in [6, 6.07) is -0.485. The van der Waals surface area contributed by atoms with Gasteiger partial charge in [0, 0.05) is 6.04 Å².